The van der Waals surface area contributed by atoms with Crippen molar-refractivity contribution in [3.05, 3.63) is 59.7 Å². The largest absolute Gasteiger partial charge is 0.462 e. The van der Waals surface area contributed by atoms with Crippen LogP contribution in [0.25, 0.3) is 0 Å². The number of rotatable bonds is 16. The zero-order valence-electron chi connectivity index (χ0n) is 25.7. The highest BCUT2D eigenvalue weighted by atomic mass is 16.5. The van der Waals surface area contributed by atoms with E-state index < -0.39 is 18.5 Å². The average Bonchev–Trinajstić information content (AvgIpc) is 3.00. The molecule has 228 valence electrons. The van der Waals surface area contributed by atoms with Gasteiger partial charge in [0, 0.05) is 11.5 Å². The van der Waals surface area contributed by atoms with Gasteiger partial charge in [-0.1, -0.05) is 82.9 Å². The number of aliphatic hydroxyl groups excluding tert-OH is 1. The Hall–Kier alpha value is -2.40. The van der Waals surface area contributed by atoms with Crippen LogP contribution in [0.4, 0.5) is 0 Å². The number of benzene rings is 1. The Balaban J connectivity index is 1.43. The quantitative estimate of drug-likeness (QED) is 0.124. The van der Waals surface area contributed by atoms with E-state index in [1.807, 2.05) is 0 Å². The van der Waals surface area contributed by atoms with Crippen LogP contribution in [0.1, 0.15) is 114 Å². The summed E-state index contributed by atoms with van der Waals surface area (Å²) >= 11 is 0. The molecule has 0 amide bonds. The van der Waals surface area contributed by atoms with Gasteiger partial charge in [0.15, 0.2) is 0 Å². The summed E-state index contributed by atoms with van der Waals surface area (Å²) in [6, 6.07) is 9.03. The highest BCUT2D eigenvalue weighted by Crippen LogP contribution is 2.44. The SMILES string of the molecule is C=C(C)C(=O)OCC(CCc1ccc(C2CCC(C3CCC(CCCCC)CC3)CC2)cc1)COC(=O)C(=C)CO. The lowest BCUT2D eigenvalue weighted by atomic mass is 9.68. The fraction of sp³-hybridized carbons (Fsp3) is 0.667. The van der Waals surface area contributed by atoms with Crippen LogP contribution in [-0.4, -0.2) is 36.9 Å². The lowest BCUT2D eigenvalue weighted by Gasteiger charge is -2.38. The first kappa shape index (κ1) is 33.1. The smallest absolute Gasteiger partial charge is 0.335 e. The molecule has 0 aromatic heterocycles. The number of aryl methyl sites for hydroxylation is 1. The van der Waals surface area contributed by atoms with Crippen molar-refractivity contribution in [3.8, 4) is 0 Å². The van der Waals surface area contributed by atoms with Gasteiger partial charge in [-0.3, -0.25) is 0 Å². The maximum atomic E-state index is 12.0. The Morgan fingerprint density at radius 3 is 2.02 bits per heavy atom. The van der Waals surface area contributed by atoms with E-state index in [-0.39, 0.29) is 24.7 Å². The molecule has 5 heteroatoms. The summed E-state index contributed by atoms with van der Waals surface area (Å²) in [6.45, 7) is 10.8. The third-order valence-electron chi connectivity index (χ3n) is 9.57. The molecule has 1 aromatic rings. The molecule has 2 saturated carbocycles. The van der Waals surface area contributed by atoms with Crippen molar-refractivity contribution in [2.45, 2.75) is 110 Å². The second kappa shape index (κ2) is 17.5. The molecule has 2 aliphatic rings. The third-order valence-corrected chi connectivity index (χ3v) is 9.57. The maximum absolute atomic E-state index is 12.0. The zero-order chi connectivity index (χ0) is 29.6. The normalized spacial score (nSPS) is 23.4. The fourth-order valence-electron chi connectivity index (χ4n) is 6.77. The first-order valence-electron chi connectivity index (χ1n) is 16.2. The van der Waals surface area contributed by atoms with Gasteiger partial charge in [-0.15, -0.1) is 0 Å². The van der Waals surface area contributed by atoms with Gasteiger partial charge >= 0.3 is 11.9 Å². The molecule has 1 unspecified atom stereocenters. The number of hydrogen-bond acceptors (Lipinski definition) is 5. The van der Waals surface area contributed by atoms with Crippen molar-refractivity contribution >= 4 is 11.9 Å². The molecule has 41 heavy (non-hydrogen) atoms. The summed E-state index contributed by atoms with van der Waals surface area (Å²) in [5.74, 6) is 2.32. The van der Waals surface area contributed by atoms with E-state index in [0.717, 1.165) is 24.2 Å². The van der Waals surface area contributed by atoms with E-state index in [1.54, 1.807) is 6.92 Å². The number of carbonyl (C=O) groups is 2. The first-order chi connectivity index (χ1) is 19.8. The topological polar surface area (TPSA) is 72.8 Å². The average molecular weight is 567 g/mol. The number of hydrogen-bond donors (Lipinski definition) is 1. The molecule has 1 N–H and O–H groups in total. The third kappa shape index (κ3) is 11.1. The minimum absolute atomic E-state index is 0.0116. The minimum Gasteiger partial charge on any atom is -0.462 e. The molecule has 0 saturated heterocycles. The van der Waals surface area contributed by atoms with Crippen LogP contribution in [0, 0.1) is 23.7 Å². The summed E-state index contributed by atoms with van der Waals surface area (Å²) < 4.78 is 10.6. The van der Waals surface area contributed by atoms with Crippen LogP contribution in [0.5, 0.6) is 0 Å². The van der Waals surface area contributed by atoms with E-state index in [4.69, 9.17) is 14.6 Å². The number of aliphatic hydroxyl groups is 1. The summed E-state index contributed by atoms with van der Waals surface area (Å²) in [6.07, 6.45) is 18.3. The maximum Gasteiger partial charge on any atom is 0.335 e. The van der Waals surface area contributed by atoms with E-state index in [9.17, 15) is 9.59 Å². The second-order valence-corrected chi connectivity index (χ2v) is 12.8. The van der Waals surface area contributed by atoms with Crippen molar-refractivity contribution in [3.63, 3.8) is 0 Å². The van der Waals surface area contributed by atoms with Crippen LogP contribution in [0.3, 0.4) is 0 Å². The van der Waals surface area contributed by atoms with Crippen molar-refractivity contribution in [2.24, 2.45) is 23.7 Å². The van der Waals surface area contributed by atoms with Crippen LogP contribution in [0.15, 0.2) is 48.6 Å². The van der Waals surface area contributed by atoms with Crippen molar-refractivity contribution in [2.75, 3.05) is 19.8 Å². The Morgan fingerprint density at radius 1 is 0.878 bits per heavy atom. The van der Waals surface area contributed by atoms with Gasteiger partial charge in [-0.25, -0.2) is 9.59 Å². The standard InChI is InChI=1S/C36H54O5/c1-5-6-7-8-28-11-15-31(16-12-28)33-19-21-34(22-20-33)32-17-13-29(14-18-32)9-10-30(24-40-35(38)26(2)3)25-41-36(39)27(4)23-37/h13-14,17-18,28,30-31,33-34,37H,2,4-12,15-16,19-25H2,1,3H3. The molecule has 1 aromatic carbocycles. The molecule has 2 aliphatic carbocycles. The van der Waals surface area contributed by atoms with Gasteiger partial charge in [-0.2, -0.15) is 0 Å². The summed E-state index contributed by atoms with van der Waals surface area (Å²) in [4.78, 5) is 23.8. The van der Waals surface area contributed by atoms with Gasteiger partial charge in [0.2, 0.25) is 0 Å². The monoisotopic (exact) mass is 566 g/mol. The second-order valence-electron chi connectivity index (χ2n) is 12.8. The predicted molar refractivity (Wildman–Crippen MR) is 165 cm³/mol. The molecular formula is C36H54O5. The van der Waals surface area contributed by atoms with Crippen molar-refractivity contribution in [1.29, 1.82) is 0 Å². The van der Waals surface area contributed by atoms with Gasteiger partial charge in [0.25, 0.3) is 0 Å². The lowest BCUT2D eigenvalue weighted by Crippen LogP contribution is -2.25. The molecule has 2 fully saturated rings. The minimum atomic E-state index is -0.627. The Bertz CT molecular complexity index is 964. The van der Waals surface area contributed by atoms with E-state index in [1.165, 1.54) is 88.2 Å². The fourth-order valence-corrected chi connectivity index (χ4v) is 6.77. The first-order valence-corrected chi connectivity index (χ1v) is 16.2. The Morgan fingerprint density at radius 2 is 1.46 bits per heavy atom. The number of esters is 2. The van der Waals surface area contributed by atoms with Crippen molar-refractivity contribution in [1.82, 2.24) is 0 Å². The molecule has 0 spiro atoms. The number of carbonyl (C=O) groups excluding carboxylic acids is 2. The number of unbranched alkanes of at least 4 members (excludes halogenated alkanes) is 2. The van der Waals surface area contributed by atoms with Crippen molar-refractivity contribution < 1.29 is 24.2 Å². The van der Waals surface area contributed by atoms with Gasteiger partial charge in [0.05, 0.1) is 25.4 Å². The van der Waals surface area contributed by atoms with Crippen LogP contribution in [0.2, 0.25) is 0 Å². The van der Waals surface area contributed by atoms with Gasteiger partial charge in [0.1, 0.15) is 0 Å². The molecule has 3 rings (SSSR count). The predicted octanol–water partition coefficient (Wildman–Crippen LogP) is 8.11. The van der Waals surface area contributed by atoms with Gasteiger partial charge < -0.3 is 14.6 Å². The molecule has 1 atom stereocenters. The zero-order valence-corrected chi connectivity index (χ0v) is 25.7. The highest BCUT2D eigenvalue weighted by molar-refractivity contribution is 5.88. The van der Waals surface area contributed by atoms with Crippen LogP contribution < -0.4 is 0 Å². The van der Waals surface area contributed by atoms with E-state index in [0.29, 0.717) is 17.9 Å². The molecule has 0 heterocycles. The summed E-state index contributed by atoms with van der Waals surface area (Å²) in [5, 5.41) is 9.11. The van der Waals surface area contributed by atoms with Crippen LogP contribution >= 0.6 is 0 Å². The molecule has 0 aliphatic heterocycles. The van der Waals surface area contributed by atoms with Gasteiger partial charge in [-0.05, 0) is 93.1 Å². The van der Waals surface area contributed by atoms with Crippen LogP contribution in [-0.2, 0) is 25.5 Å². The molecule has 5 nitrogen and oxygen atoms in total. The Labute approximate surface area is 248 Å². The van der Waals surface area contributed by atoms with E-state index in [2.05, 4.69) is 44.3 Å². The summed E-state index contributed by atoms with van der Waals surface area (Å²) in [5.41, 5.74) is 3.03. The molecule has 0 radical (unpaired) electrons. The molecule has 0 bridgehead atoms. The lowest BCUT2D eigenvalue weighted by molar-refractivity contribution is -0.144. The Kier molecular flexibility index (Phi) is 14.2. The van der Waals surface area contributed by atoms with E-state index >= 15 is 0 Å². The summed E-state index contributed by atoms with van der Waals surface area (Å²) in [7, 11) is 0. The molecular weight excluding hydrogens is 512 g/mol. The number of ether oxygens (including phenoxy) is 2. The highest BCUT2D eigenvalue weighted by Gasteiger charge is 2.31.